The second-order valence-electron chi connectivity index (χ2n) is 9.03. The van der Waals surface area contributed by atoms with Gasteiger partial charge in [0.2, 0.25) is 5.91 Å². The van der Waals surface area contributed by atoms with Crippen molar-refractivity contribution in [1.29, 1.82) is 0 Å². The lowest BCUT2D eigenvalue weighted by Crippen LogP contribution is -2.56. The van der Waals surface area contributed by atoms with Crippen LogP contribution in [-0.2, 0) is 22.3 Å². The zero-order valence-electron chi connectivity index (χ0n) is 18.7. The standard InChI is InChI=1S/C25H26F4N2O3/c1-16-9-11-24(12-10-16)31(23(33)19-7-2-3-8-20(19)26)21(15-34-24)22(32)30-14-17-5-4-6-18(13-17)25(27,28)29/h2-8,13,16,21H,9-12,14-15H2,1H3,(H,30,32). The number of ether oxygens (including phenoxy) is 1. The van der Waals surface area contributed by atoms with Crippen molar-refractivity contribution >= 4 is 11.8 Å². The first-order valence-electron chi connectivity index (χ1n) is 11.3. The molecule has 2 amide bonds. The third-order valence-electron chi connectivity index (χ3n) is 6.66. The van der Waals surface area contributed by atoms with Crippen molar-refractivity contribution in [2.75, 3.05) is 6.61 Å². The second-order valence-corrected chi connectivity index (χ2v) is 9.03. The molecule has 1 saturated heterocycles. The van der Waals surface area contributed by atoms with E-state index >= 15 is 0 Å². The smallest absolute Gasteiger partial charge is 0.353 e. The minimum atomic E-state index is -4.49. The van der Waals surface area contributed by atoms with E-state index in [0.717, 1.165) is 25.0 Å². The Morgan fingerprint density at radius 3 is 2.50 bits per heavy atom. The summed E-state index contributed by atoms with van der Waals surface area (Å²) in [6.45, 7) is 1.89. The fourth-order valence-electron chi connectivity index (χ4n) is 4.71. The quantitative estimate of drug-likeness (QED) is 0.636. The Hall–Kier alpha value is -2.94. The summed E-state index contributed by atoms with van der Waals surface area (Å²) in [4.78, 5) is 27.9. The molecule has 1 spiro atoms. The summed E-state index contributed by atoms with van der Waals surface area (Å²) in [5, 5.41) is 2.63. The van der Waals surface area contributed by atoms with Crippen molar-refractivity contribution in [1.82, 2.24) is 10.2 Å². The molecule has 1 aliphatic heterocycles. The fraction of sp³-hybridized carbons (Fsp3) is 0.440. The lowest BCUT2D eigenvalue weighted by Gasteiger charge is -2.43. The van der Waals surface area contributed by atoms with E-state index in [-0.39, 0.29) is 24.3 Å². The highest BCUT2D eigenvalue weighted by atomic mass is 19.4. The van der Waals surface area contributed by atoms with Crippen molar-refractivity contribution in [3.63, 3.8) is 0 Å². The second kappa shape index (κ2) is 9.37. The average Bonchev–Trinajstić information content (AvgIpc) is 3.18. The van der Waals surface area contributed by atoms with Crippen molar-refractivity contribution in [2.45, 2.75) is 57.1 Å². The van der Waals surface area contributed by atoms with E-state index in [9.17, 15) is 27.2 Å². The number of hydrogen-bond acceptors (Lipinski definition) is 3. The van der Waals surface area contributed by atoms with Crippen LogP contribution in [0.25, 0.3) is 0 Å². The highest BCUT2D eigenvalue weighted by Gasteiger charge is 2.53. The van der Waals surface area contributed by atoms with Gasteiger partial charge in [0, 0.05) is 6.54 Å². The number of nitrogens with zero attached hydrogens (tertiary/aromatic N) is 1. The van der Waals surface area contributed by atoms with Crippen LogP contribution in [0, 0.1) is 11.7 Å². The van der Waals surface area contributed by atoms with Crippen molar-refractivity contribution in [3.05, 3.63) is 71.0 Å². The number of amides is 2. The molecule has 34 heavy (non-hydrogen) atoms. The molecule has 5 nitrogen and oxygen atoms in total. The van der Waals surface area contributed by atoms with Gasteiger partial charge in [0.1, 0.15) is 17.6 Å². The summed E-state index contributed by atoms with van der Waals surface area (Å²) in [7, 11) is 0. The zero-order valence-corrected chi connectivity index (χ0v) is 18.7. The van der Waals surface area contributed by atoms with Gasteiger partial charge in [-0.15, -0.1) is 0 Å². The minimum Gasteiger partial charge on any atom is -0.353 e. The summed E-state index contributed by atoms with van der Waals surface area (Å²) in [6.07, 6.45) is -1.87. The van der Waals surface area contributed by atoms with Gasteiger partial charge in [-0.2, -0.15) is 13.2 Å². The van der Waals surface area contributed by atoms with Crippen molar-refractivity contribution in [3.8, 4) is 0 Å². The monoisotopic (exact) mass is 478 g/mol. The predicted octanol–water partition coefficient (Wildman–Crippen LogP) is 4.91. The first kappa shape index (κ1) is 24.2. The topological polar surface area (TPSA) is 58.6 Å². The van der Waals surface area contributed by atoms with E-state index in [4.69, 9.17) is 4.74 Å². The van der Waals surface area contributed by atoms with E-state index in [2.05, 4.69) is 12.2 Å². The maximum absolute atomic E-state index is 14.5. The Morgan fingerprint density at radius 1 is 1.12 bits per heavy atom. The molecule has 0 bridgehead atoms. The van der Waals surface area contributed by atoms with Gasteiger partial charge in [-0.1, -0.05) is 31.2 Å². The van der Waals surface area contributed by atoms with E-state index in [0.29, 0.717) is 18.8 Å². The van der Waals surface area contributed by atoms with E-state index in [1.165, 1.54) is 35.2 Å². The molecule has 1 N–H and O–H groups in total. The Balaban J connectivity index is 1.56. The van der Waals surface area contributed by atoms with Crippen LogP contribution < -0.4 is 5.32 Å². The highest BCUT2D eigenvalue weighted by molar-refractivity contribution is 5.98. The molecule has 0 aromatic heterocycles. The maximum Gasteiger partial charge on any atom is 0.416 e. The molecule has 1 atom stereocenters. The van der Waals surface area contributed by atoms with Crippen LogP contribution >= 0.6 is 0 Å². The third-order valence-corrected chi connectivity index (χ3v) is 6.66. The van der Waals surface area contributed by atoms with Gasteiger partial charge in [-0.05, 0) is 61.4 Å². The van der Waals surface area contributed by atoms with Crippen LogP contribution in [0.1, 0.15) is 54.1 Å². The normalized spacial score (nSPS) is 24.9. The summed E-state index contributed by atoms with van der Waals surface area (Å²) < 4.78 is 59.5. The van der Waals surface area contributed by atoms with E-state index < -0.39 is 41.1 Å². The Bertz CT molecular complexity index is 1060. The third kappa shape index (κ3) is 4.80. The van der Waals surface area contributed by atoms with Gasteiger partial charge >= 0.3 is 6.18 Å². The summed E-state index contributed by atoms with van der Waals surface area (Å²) in [5.74, 6) is -1.45. The molecule has 2 fully saturated rings. The van der Waals surface area contributed by atoms with Crippen LogP contribution in [0.2, 0.25) is 0 Å². The molecule has 1 unspecified atom stereocenters. The molecule has 2 aliphatic rings. The largest absolute Gasteiger partial charge is 0.416 e. The van der Waals surface area contributed by atoms with Crippen LogP contribution in [0.5, 0.6) is 0 Å². The van der Waals surface area contributed by atoms with Crippen LogP contribution in [0.15, 0.2) is 48.5 Å². The van der Waals surface area contributed by atoms with Gasteiger partial charge in [-0.3, -0.25) is 14.5 Å². The molecule has 4 rings (SSSR count). The van der Waals surface area contributed by atoms with Crippen LogP contribution in [0.3, 0.4) is 0 Å². The number of rotatable bonds is 4. The molecule has 182 valence electrons. The van der Waals surface area contributed by atoms with Crippen LogP contribution in [-0.4, -0.2) is 35.1 Å². The molecular formula is C25H26F4N2O3. The molecule has 2 aromatic carbocycles. The Labute approximate surface area is 195 Å². The van der Waals surface area contributed by atoms with E-state index in [1.54, 1.807) is 6.07 Å². The number of carbonyl (C=O) groups excluding carboxylic acids is 2. The summed E-state index contributed by atoms with van der Waals surface area (Å²) in [5.41, 5.74) is -1.70. The molecule has 2 aromatic rings. The summed E-state index contributed by atoms with van der Waals surface area (Å²) in [6, 6.07) is 9.23. The average molecular weight is 478 g/mol. The van der Waals surface area contributed by atoms with Gasteiger partial charge in [0.05, 0.1) is 17.7 Å². The first-order valence-corrected chi connectivity index (χ1v) is 11.3. The molecule has 1 heterocycles. The van der Waals surface area contributed by atoms with Gasteiger partial charge in [0.25, 0.3) is 5.91 Å². The molecule has 9 heteroatoms. The first-order chi connectivity index (χ1) is 16.1. The number of nitrogens with one attached hydrogen (secondary N) is 1. The molecule has 1 aliphatic carbocycles. The predicted molar refractivity (Wildman–Crippen MR) is 116 cm³/mol. The lowest BCUT2D eigenvalue weighted by molar-refractivity contribution is -0.137. The maximum atomic E-state index is 14.5. The lowest BCUT2D eigenvalue weighted by atomic mass is 9.83. The Kier molecular flexibility index (Phi) is 6.66. The number of hydrogen-bond donors (Lipinski definition) is 1. The Morgan fingerprint density at radius 2 is 1.82 bits per heavy atom. The fourth-order valence-corrected chi connectivity index (χ4v) is 4.71. The molecule has 1 saturated carbocycles. The van der Waals surface area contributed by atoms with Crippen LogP contribution in [0.4, 0.5) is 17.6 Å². The van der Waals surface area contributed by atoms with E-state index in [1.807, 2.05) is 0 Å². The number of halogens is 4. The number of benzene rings is 2. The van der Waals surface area contributed by atoms with Gasteiger partial charge < -0.3 is 10.1 Å². The highest BCUT2D eigenvalue weighted by Crippen LogP contribution is 2.43. The molecular weight excluding hydrogens is 452 g/mol. The van der Waals surface area contributed by atoms with Gasteiger partial charge in [0.15, 0.2) is 0 Å². The SMILES string of the molecule is CC1CCC2(CC1)OCC(C(=O)NCc1cccc(C(F)(F)F)c1)N2C(=O)c1ccccc1F. The zero-order chi connectivity index (χ0) is 24.5. The number of alkyl halides is 3. The molecule has 0 radical (unpaired) electrons. The number of carbonyl (C=O) groups is 2. The van der Waals surface area contributed by atoms with Gasteiger partial charge in [-0.25, -0.2) is 4.39 Å². The van der Waals surface area contributed by atoms with Crippen molar-refractivity contribution < 1.29 is 31.9 Å². The minimum absolute atomic E-state index is 0.0665. The van der Waals surface area contributed by atoms with Crippen molar-refractivity contribution in [2.24, 2.45) is 5.92 Å². The summed E-state index contributed by atoms with van der Waals surface area (Å²) >= 11 is 0.